The molecule has 1 aliphatic rings. The van der Waals surface area contributed by atoms with Gasteiger partial charge in [0.2, 0.25) is 5.91 Å². The molecule has 0 radical (unpaired) electrons. The quantitative estimate of drug-likeness (QED) is 0.641. The summed E-state index contributed by atoms with van der Waals surface area (Å²) in [6.07, 6.45) is 6.19. The van der Waals surface area contributed by atoms with E-state index in [1.54, 1.807) is 0 Å². The average Bonchev–Trinajstić information content (AvgIpc) is 3.48. The van der Waals surface area contributed by atoms with E-state index in [-0.39, 0.29) is 5.91 Å². The molecule has 0 bridgehead atoms. The van der Waals surface area contributed by atoms with Crippen LogP contribution in [0.3, 0.4) is 0 Å². The largest absolute Gasteiger partial charge is 0.368 e. The number of rotatable bonds is 6. The van der Waals surface area contributed by atoms with E-state index in [0.29, 0.717) is 12.1 Å². The van der Waals surface area contributed by atoms with Gasteiger partial charge in [-0.15, -0.1) is 0 Å². The van der Waals surface area contributed by atoms with Crippen molar-refractivity contribution in [1.82, 2.24) is 10.3 Å². The number of hydrogen-bond acceptors (Lipinski definition) is 3. The lowest BCUT2D eigenvalue weighted by atomic mass is 9.85. The molecule has 1 saturated carbocycles. The van der Waals surface area contributed by atoms with Crippen molar-refractivity contribution in [1.29, 1.82) is 0 Å². The summed E-state index contributed by atoms with van der Waals surface area (Å²) in [5, 5.41) is 6.41. The molecular formula is C25H33N3O. The van der Waals surface area contributed by atoms with Crippen molar-refractivity contribution in [2.24, 2.45) is 0 Å². The lowest BCUT2D eigenvalue weighted by Crippen LogP contribution is -2.25. The van der Waals surface area contributed by atoms with Crippen molar-refractivity contribution in [3.63, 3.8) is 0 Å². The fraction of sp³-hybridized carbons (Fsp3) is 0.440. The van der Waals surface area contributed by atoms with Crippen molar-refractivity contribution in [3.05, 3.63) is 51.7 Å². The Bertz CT molecular complexity index is 922. The maximum Gasteiger partial charge on any atom is 0.247 e. The van der Waals surface area contributed by atoms with Crippen LogP contribution in [-0.2, 0) is 4.79 Å². The molecule has 3 rings (SSSR count). The number of amides is 1. The number of aromatic nitrogens is 1. The van der Waals surface area contributed by atoms with Crippen molar-refractivity contribution in [3.8, 4) is 11.1 Å². The summed E-state index contributed by atoms with van der Waals surface area (Å²) < 4.78 is 0. The number of anilines is 1. The molecule has 0 aliphatic heterocycles. The van der Waals surface area contributed by atoms with E-state index in [2.05, 4.69) is 63.2 Å². The molecule has 1 heterocycles. The average molecular weight is 392 g/mol. The molecule has 0 unspecified atom stereocenters. The predicted molar refractivity (Wildman–Crippen MR) is 122 cm³/mol. The first-order valence-corrected chi connectivity index (χ1v) is 10.5. The first kappa shape index (κ1) is 21.1. The Kier molecular flexibility index (Phi) is 6.11. The third-order valence-corrected chi connectivity index (χ3v) is 5.80. The van der Waals surface area contributed by atoms with Crippen LogP contribution in [0.25, 0.3) is 17.2 Å². The molecule has 0 spiro atoms. The van der Waals surface area contributed by atoms with Crippen LogP contribution in [0.5, 0.6) is 0 Å². The van der Waals surface area contributed by atoms with E-state index in [1.165, 1.54) is 27.8 Å². The second-order valence-electron chi connectivity index (χ2n) is 8.59. The predicted octanol–water partition coefficient (Wildman–Crippen LogP) is 5.48. The zero-order valence-corrected chi connectivity index (χ0v) is 18.7. The van der Waals surface area contributed by atoms with Crippen LogP contribution in [0.2, 0.25) is 0 Å². The van der Waals surface area contributed by atoms with Crippen LogP contribution in [0, 0.1) is 27.7 Å². The Morgan fingerprint density at radius 2 is 1.69 bits per heavy atom. The Hall–Kier alpha value is -2.62. The highest BCUT2D eigenvalue weighted by Crippen LogP contribution is 2.35. The molecule has 0 saturated heterocycles. The fourth-order valence-electron chi connectivity index (χ4n) is 3.72. The van der Waals surface area contributed by atoms with Gasteiger partial charge in [0.1, 0.15) is 5.82 Å². The summed E-state index contributed by atoms with van der Waals surface area (Å²) in [6, 6.07) is 4.90. The normalized spacial score (nSPS) is 14.3. The molecule has 154 valence electrons. The molecule has 1 aromatic carbocycles. The zero-order valence-electron chi connectivity index (χ0n) is 18.7. The molecule has 4 heteroatoms. The minimum absolute atomic E-state index is 0.0446. The van der Waals surface area contributed by atoms with Gasteiger partial charge in [-0.05, 0) is 113 Å². The van der Waals surface area contributed by atoms with Gasteiger partial charge in [-0.3, -0.25) is 4.79 Å². The molecule has 1 fully saturated rings. The molecule has 1 aliphatic carbocycles. The van der Waals surface area contributed by atoms with Crippen LogP contribution in [0.1, 0.15) is 61.4 Å². The van der Waals surface area contributed by atoms with Gasteiger partial charge in [0, 0.05) is 29.4 Å². The molecule has 2 N–H and O–H groups in total. The first-order chi connectivity index (χ1) is 13.7. The number of hydrogen-bond donors (Lipinski definition) is 2. The highest BCUT2D eigenvalue weighted by atomic mass is 16.1. The second kappa shape index (κ2) is 8.40. The summed E-state index contributed by atoms with van der Waals surface area (Å²) in [4.78, 5) is 17.0. The van der Waals surface area contributed by atoms with Crippen LogP contribution in [0.4, 0.5) is 5.82 Å². The number of pyridine rings is 1. The third-order valence-electron chi connectivity index (χ3n) is 5.80. The maximum absolute atomic E-state index is 12.4. The smallest absolute Gasteiger partial charge is 0.247 e. The Morgan fingerprint density at radius 3 is 2.17 bits per heavy atom. The van der Waals surface area contributed by atoms with E-state index in [9.17, 15) is 4.79 Å². The van der Waals surface area contributed by atoms with Gasteiger partial charge in [-0.25, -0.2) is 4.98 Å². The summed E-state index contributed by atoms with van der Waals surface area (Å²) in [5.74, 6) is 0.937. The van der Waals surface area contributed by atoms with Gasteiger partial charge in [0.25, 0.3) is 0 Å². The maximum atomic E-state index is 12.4. The molecule has 0 atom stereocenters. The monoisotopic (exact) mass is 391 g/mol. The molecule has 2 aromatic rings. The fourth-order valence-corrected chi connectivity index (χ4v) is 3.72. The van der Waals surface area contributed by atoms with Crippen LogP contribution in [0.15, 0.2) is 23.9 Å². The van der Waals surface area contributed by atoms with Gasteiger partial charge in [0.05, 0.1) is 0 Å². The van der Waals surface area contributed by atoms with Gasteiger partial charge in [-0.2, -0.15) is 0 Å². The SMILES string of the molecule is CC(=Cc1c(C)c(C)c(-c2ccc(NC(C)C)nc2)c(C)c1C)C(=O)NC1CC1. The number of benzene rings is 1. The standard InChI is InChI=1S/C25H33N3O/c1-14(2)27-23-11-8-20(13-26-23)24-18(6)16(4)22(17(5)19(24)7)12-15(3)25(29)28-21-9-10-21/h8,11-14,21H,9-10H2,1-7H3,(H,26,27)(H,28,29). The van der Waals surface area contributed by atoms with E-state index < -0.39 is 0 Å². The van der Waals surface area contributed by atoms with Crippen LogP contribution in [-0.4, -0.2) is 23.0 Å². The van der Waals surface area contributed by atoms with Gasteiger partial charge >= 0.3 is 0 Å². The Balaban J connectivity index is 1.98. The highest BCUT2D eigenvalue weighted by Gasteiger charge is 2.24. The first-order valence-electron chi connectivity index (χ1n) is 10.5. The molecule has 1 aromatic heterocycles. The summed E-state index contributed by atoms with van der Waals surface area (Å²) in [7, 11) is 0. The Labute approximate surface area is 174 Å². The molecule has 4 nitrogen and oxygen atoms in total. The summed E-state index contributed by atoms with van der Waals surface area (Å²) in [5.41, 5.74) is 9.18. The highest BCUT2D eigenvalue weighted by molar-refractivity contribution is 5.98. The second-order valence-corrected chi connectivity index (χ2v) is 8.59. The summed E-state index contributed by atoms with van der Waals surface area (Å²) >= 11 is 0. The van der Waals surface area contributed by atoms with E-state index in [1.807, 2.05) is 25.3 Å². The minimum Gasteiger partial charge on any atom is -0.368 e. The number of carbonyl (C=O) groups is 1. The molecule has 1 amide bonds. The summed E-state index contributed by atoms with van der Waals surface area (Å²) in [6.45, 7) is 14.7. The van der Waals surface area contributed by atoms with Crippen molar-refractivity contribution >= 4 is 17.8 Å². The van der Waals surface area contributed by atoms with Crippen molar-refractivity contribution in [2.75, 3.05) is 5.32 Å². The number of nitrogens with zero attached hydrogens (tertiary/aromatic N) is 1. The van der Waals surface area contributed by atoms with Crippen molar-refractivity contribution < 1.29 is 4.79 Å². The van der Waals surface area contributed by atoms with E-state index >= 15 is 0 Å². The van der Waals surface area contributed by atoms with E-state index in [0.717, 1.165) is 35.4 Å². The number of carbonyl (C=O) groups excluding carboxylic acids is 1. The van der Waals surface area contributed by atoms with E-state index in [4.69, 9.17) is 0 Å². The lowest BCUT2D eigenvalue weighted by molar-refractivity contribution is -0.117. The zero-order chi connectivity index (χ0) is 21.3. The van der Waals surface area contributed by atoms with Gasteiger partial charge in [0.15, 0.2) is 0 Å². The van der Waals surface area contributed by atoms with Crippen molar-refractivity contribution in [2.45, 2.75) is 73.4 Å². The van der Waals surface area contributed by atoms with Crippen LogP contribution < -0.4 is 10.6 Å². The van der Waals surface area contributed by atoms with Crippen LogP contribution >= 0.6 is 0 Å². The number of nitrogens with one attached hydrogen (secondary N) is 2. The Morgan fingerprint density at radius 1 is 1.07 bits per heavy atom. The van der Waals surface area contributed by atoms with Gasteiger partial charge < -0.3 is 10.6 Å². The molecule has 29 heavy (non-hydrogen) atoms. The topological polar surface area (TPSA) is 54.0 Å². The van der Waals surface area contributed by atoms with Gasteiger partial charge in [-0.1, -0.05) is 0 Å². The minimum atomic E-state index is 0.0446. The lowest BCUT2D eigenvalue weighted by Gasteiger charge is -2.20. The third kappa shape index (κ3) is 4.69. The molecular weight excluding hydrogens is 358 g/mol.